The van der Waals surface area contributed by atoms with Crippen LogP contribution in [0.3, 0.4) is 0 Å². The van der Waals surface area contributed by atoms with E-state index < -0.39 is 18.0 Å². The Bertz CT molecular complexity index is 1190. The van der Waals surface area contributed by atoms with Crippen molar-refractivity contribution in [3.05, 3.63) is 87.4 Å². The van der Waals surface area contributed by atoms with Gasteiger partial charge in [-0.3, -0.25) is 4.79 Å². The molecule has 3 aromatic carbocycles. The first-order valence-corrected chi connectivity index (χ1v) is 10.9. The van der Waals surface area contributed by atoms with Crippen LogP contribution in [0.4, 0.5) is 0 Å². The fourth-order valence-electron chi connectivity index (χ4n) is 2.68. The summed E-state index contributed by atoms with van der Waals surface area (Å²) in [7, 11) is 1.46. The molecular weight excluding hydrogens is 512 g/mol. The molecule has 1 atom stereocenters. The molecule has 170 valence electrons. The maximum atomic E-state index is 12.4. The summed E-state index contributed by atoms with van der Waals surface area (Å²) in [5.74, 6) is 0.125. The Balaban J connectivity index is 1.60. The molecule has 0 bridgehead atoms. The lowest BCUT2D eigenvalue weighted by Gasteiger charge is -2.13. The highest BCUT2D eigenvalue weighted by Gasteiger charge is 2.15. The van der Waals surface area contributed by atoms with Crippen LogP contribution in [0, 0.1) is 0 Å². The Morgan fingerprint density at radius 3 is 2.58 bits per heavy atom. The van der Waals surface area contributed by atoms with E-state index in [0.717, 1.165) is 4.47 Å². The Morgan fingerprint density at radius 1 is 1.06 bits per heavy atom. The zero-order chi connectivity index (χ0) is 23.8. The van der Waals surface area contributed by atoms with E-state index >= 15 is 0 Å². The molecule has 0 radical (unpaired) electrons. The van der Waals surface area contributed by atoms with E-state index in [9.17, 15) is 9.59 Å². The third-order valence-electron chi connectivity index (χ3n) is 4.32. The average Bonchev–Trinajstić information content (AvgIpc) is 2.79. The SMILES string of the molecule is COc1cc(/C=N\NC(=O)[C@@H](C)Oc2cccc(Cl)c2)ccc1OC(=O)c1cccc(Br)c1. The minimum Gasteiger partial charge on any atom is -0.493 e. The molecule has 0 aliphatic carbocycles. The number of methoxy groups -OCH3 is 1. The van der Waals surface area contributed by atoms with Gasteiger partial charge in [0.1, 0.15) is 5.75 Å². The highest BCUT2D eigenvalue weighted by Crippen LogP contribution is 2.28. The van der Waals surface area contributed by atoms with Crippen LogP contribution in [0.5, 0.6) is 17.2 Å². The van der Waals surface area contributed by atoms with Crippen molar-refractivity contribution in [2.45, 2.75) is 13.0 Å². The minimum atomic E-state index is -0.782. The molecule has 33 heavy (non-hydrogen) atoms. The van der Waals surface area contributed by atoms with Gasteiger partial charge in [0.25, 0.3) is 5.91 Å². The number of benzene rings is 3. The lowest BCUT2D eigenvalue weighted by atomic mass is 10.2. The van der Waals surface area contributed by atoms with Crippen LogP contribution in [-0.2, 0) is 4.79 Å². The number of ether oxygens (including phenoxy) is 3. The van der Waals surface area contributed by atoms with E-state index in [-0.39, 0.29) is 5.75 Å². The molecule has 3 rings (SSSR count). The van der Waals surface area contributed by atoms with Gasteiger partial charge in [-0.2, -0.15) is 5.10 Å². The number of carbonyl (C=O) groups is 2. The van der Waals surface area contributed by atoms with E-state index in [1.165, 1.54) is 13.3 Å². The molecule has 0 unspecified atom stereocenters. The maximum Gasteiger partial charge on any atom is 0.343 e. The molecule has 0 spiro atoms. The molecule has 7 nitrogen and oxygen atoms in total. The van der Waals surface area contributed by atoms with Gasteiger partial charge >= 0.3 is 5.97 Å². The van der Waals surface area contributed by atoms with Gasteiger partial charge in [-0.15, -0.1) is 0 Å². The smallest absolute Gasteiger partial charge is 0.343 e. The van der Waals surface area contributed by atoms with E-state index in [1.807, 2.05) is 6.07 Å². The number of halogens is 2. The number of nitrogens with one attached hydrogen (secondary N) is 1. The molecule has 0 fully saturated rings. The molecular formula is C24H20BrClN2O5. The highest BCUT2D eigenvalue weighted by molar-refractivity contribution is 9.10. The first-order chi connectivity index (χ1) is 15.9. The van der Waals surface area contributed by atoms with Gasteiger partial charge in [-0.25, -0.2) is 10.2 Å². The van der Waals surface area contributed by atoms with E-state index in [0.29, 0.717) is 27.6 Å². The molecule has 9 heteroatoms. The van der Waals surface area contributed by atoms with Gasteiger partial charge in [0, 0.05) is 9.50 Å². The minimum absolute atomic E-state index is 0.257. The van der Waals surface area contributed by atoms with Crippen molar-refractivity contribution >= 4 is 45.6 Å². The second-order valence-electron chi connectivity index (χ2n) is 6.76. The summed E-state index contributed by atoms with van der Waals surface area (Å²) in [5.41, 5.74) is 3.44. The normalized spacial score (nSPS) is 11.6. The number of amides is 1. The second-order valence-corrected chi connectivity index (χ2v) is 8.11. The van der Waals surface area contributed by atoms with Crippen molar-refractivity contribution in [1.29, 1.82) is 0 Å². The lowest BCUT2D eigenvalue weighted by Crippen LogP contribution is -2.33. The number of hydrogen-bond acceptors (Lipinski definition) is 6. The third kappa shape index (κ3) is 7.06. The van der Waals surface area contributed by atoms with Crippen molar-refractivity contribution in [3.8, 4) is 17.2 Å². The molecule has 0 heterocycles. The summed E-state index contributed by atoms with van der Waals surface area (Å²) >= 11 is 9.24. The molecule has 0 aromatic heterocycles. The summed E-state index contributed by atoms with van der Waals surface area (Å²) < 4.78 is 17.1. The molecule has 0 aliphatic heterocycles. The number of carbonyl (C=O) groups excluding carboxylic acids is 2. The van der Waals surface area contributed by atoms with Gasteiger partial charge in [0.15, 0.2) is 17.6 Å². The van der Waals surface area contributed by atoms with Crippen LogP contribution in [0.25, 0.3) is 0 Å². The summed E-state index contributed by atoms with van der Waals surface area (Å²) in [5, 5.41) is 4.46. The number of hydrogen-bond donors (Lipinski definition) is 1. The molecule has 0 saturated heterocycles. The van der Waals surface area contributed by atoms with Gasteiger partial charge in [0.05, 0.1) is 18.9 Å². The maximum absolute atomic E-state index is 12.4. The Hall–Kier alpha value is -3.36. The summed E-state index contributed by atoms with van der Waals surface area (Å²) in [6.07, 6.45) is 0.654. The number of nitrogens with zero attached hydrogens (tertiary/aromatic N) is 1. The predicted molar refractivity (Wildman–Crippen MR) is 129 cm³/mol. The topological polar surface area (TPSA) is 86.2 Å². The molecule has 0 saturated carbocycles. The molecule has 1 amide bonds. The molecule has 3 aromatic rings. The number of esters is 1. The van der Waals surface area contributed by atoms with Crippen LogP contribution in [0.15, 0.2) is 76.3 Å². The van der Waals surface area contributed by atoms with Crippen LogP contribution < -0.4 is 19.6 Å². The van der Waals surface area contributed by atoms with Crippen molar-refractivity contribution in [3.63, 3.8) is 0 Å². The zero-order valence-electron chi connectivity index (χ0n) is 17.7. The summed E-state index contributed by atoms with van der Waals surface area (Å²) in [6.45, 7) is 1.60. The molecule has 1 N–H and O–H groups in total. The van der Waals surface area contributed by atoms with Crippen LogP contribution >= 0.6 is 27.5 Å². The van der Waals surface area contributed by atoms with Crippen LogP contribution in [-0.4, -0.2) is 31.3 Å². The largest absolute Gasteiger partial charge is 0.493 e. The number of hydrazone groups is 1. The van der Waals surface area contributed by atoms with Gasteiger partial charge in [0.2, 0.25) is 0 Å². The predicted octanol–water partition coefficient (Wildman–Crippen LogP) is 5.25. The van der Waals surface area contributed by atoms with E-state index in [1.54, 1.807) is 67.6 Å². The zero-order valence-corrected chi connectivity index (χ0v) is 20.1. The van der Waals surface area contributed by atoms with Crippen molar-refractivity contribution in [2.75, 3.05) is 7.11 Å². The first kappa shape index (κ1) is 24.3. The van der Waals surface area contributed by atoms with Gasteiger partial charge < -0.3 is 14.2 Å². The third-order valence-corrected chi connectivity index (χ3v) is 5.05. The van der Waals surface area contributed by atoms with Crippen molar-refractivity contribution in [2.24, 2.45) is 5.10 Å². The van der Waals surface area contributed by atoms with Crippen molar-refractivity contribution < 1.29 is 23.8 Å². The Labute approximate surface area is 204 Å². The summed E-state index contributed by atoms with van der Waals surface area (Å²) in [4.78, 5) is 24.6. The highest BCUT2D eigenvalue weighted by atomic mass is 79.9. The monoisotopic (exact) mass is 530 g/mol. The quantitative estimate of drug-likeness (QED) is 0.186. The Kier molecular flexibility index (Phi) is 8.46. The fourth-order valence-corrected chi connectivity index (χ4v) is 3.26. The lowest BCUT2D eigenvalue weighted by molar-refractivity contribution is -0.127. The Morgan fingerprint density at radius 2 is 1.85 bits per heavy atom. The van der Waals surface area contributed by atoms with Gasteiger partial charge in [-0.05, 0) is 67.1 Å². The fraction of sp³-hybridized carbons (Fsp3) is 0.125. The van der Waals surface area contributed by atoms with E-state index in [2.05, 4.69) is 26.5 Å². The number of rotatable bonds is 8. The first-order valence-electron chi connectivity index (χ1n) is 9.76. The van der Waals surface area contributed by atoms with E-state index in [4.69, 9.17) is 25.8 Å². The standard InChI is InChI=1S/C24H20BrClN2O5/c1-15(32-20-8-4-7-19(26)13-20)23(29)28-27-14-16-9-10-21(22(11-16)31-2)33-24(30)17-5-3-6-18(25)12-17/h3-15H,1-2H3,(H,28,29)/b27-14-/t15-/m1/s1. The van der Waals surface area contributed by atoms with Crippen LogP contribution in [0.1, 0.15) is 22.8 Å². The van der Waals surface area contributed by atoms with Gasteiger partial charge in [-0.1, -0.05) is 39.7 Å². The average molecular weight is 532 g/mol. The van der Waals surface area contributed by atoms with Crippen molar-refractivity contribution in [1.82, 2.24) is 5.43 Å². The van der Waals surface area contributed by atoms with Crippen LogP contribution in [0.2, 0.25) is 5.02 Å². The second kappa shape index (κ2) is 11.5. The summed E-state index contributed by atoms with van der Waals surface area (Å²) in [6, 6.07) is 18.5. The molecule has 0 aliphatic rings.